The average Bonchev–Trinajstić information content (AvgIpc) is 2.01. The summed E-state index contributed by atoms with van der Waals surface area (Å²) in [7, 11) is 0. The van der Waals surface area contributed by atoms with Gasteiger partial charge in [-0.05, 0) is 11.1 Å². The number of halogens is 1. The van der Waals surface area contributed by atoms with Gasteiger partial charge in [-0.3, -0.25) is 4.79 Å². The van der Waals surface area contributed by atoms with Crippen molar-refractivity contribution in [2.24, 2.45) is 0 Å². The van der Waals surface area contributed by atoms with Crippen molar-refractivity contribution in [3.63, 3.8) is 0 Å². The fourth-order valence-electron chi connectivity index (χ4n) is 0.407. The molecule has 0 bridgehead atoms. The molecule has 62 valence electrons. The van der Waals surface area contributed by atoms with Crippen molar-refractivity contribution in [3.05, 3.63) is 0 Å². The van der Waals surface area contributed by atoms with Crippen LogP contribution in [0.4, 0.5) is 0 Å². The standard InChI is InChI=1S/C7H10BrNOS/c1-6(11-2)5-9-7(10)3-4-8/h6H,5H2,1-2H3,(H,9,10). The first-order valence-electron chi connectivity index (χ1n) is 3.13. The molecule has 0 aliphatic carbocycles. The van der Waals surface area contributed by atoms with E-state index in [-0.39, 0.29) is 5.91 Å². The van der Waals surface area contributed by atoms with Crippen molar-refractivity contribution in [1.82, 2.24) is 5.32 Å². The van der Waals surface area contributed by atoms with E-state index in [0.717, 1.165) is 0 Å². The molecule has 11 heavy (non-hydrogen) atoms. The summed E-state index contributed by atoms with van der Waals surface area (Å²) in [4.78, 5) is 13.1. The molecule has 0 aromatic rings. The Bertz CT molecular complexity index is 185. The third-order valence-corrected chi connectivity index (χ3v) is 2.28. The van der Waals surface area contributed by atoms with Crippen molar-refractivity contribution in [2.75, 3.05) is 12.8 Å². The normalized spacial score (nSPS) is 11.2. The van der Waals surface area contributed by atoms with Gasteiger partial charge in [0.05, 0.1) is 0 Å². The monoisotopic (exact) mass is 235 g/mol. The SMILES string of the molecule is CSC(C)CNC(=O)C#CBr. The van der Waals surface area contributed by atoms with Gasteiger partial charge >= 0.3 is 0 Å². The Balaban J connectivity index is 3.51. The largest absolute Gasteiger partial charge is 0.344 e. The third kappa shape index (κ3) is 6.27. The molecule has 1 N–H and O–H groups in total. The Hall–Kier alpha value is -0.140. The van der Waals surface area contributed by atoms with Crippen LogP contribution in [0.1, 0.15) is 6.92 Å². The Labute approximate surface area is 79.6 Å². The smallest absolute Gasteiger partial charge is 0.296 e. The summed E-state index contributed by atoms with van der Waals surface area (Å²) in [5, 5.41) is 3.11. The summed E-state index contributed by atoms with van der Waals surface area (Å²) < 4.78 is 0. The number of amides is 1. The molecule has 0 heterocycles. The maximum absolute atomic E-state index is 10.7. The van der Waals surface area contributed by atoms with Crippen molar-refractivity contribution < 1.29 is 4.79 Å². The molecule has 2 nitrogen and oxygen atoms in total. The van der Waals surface area contributed by atoms with E-state index in [1.165, 1.54) is 0 Å². The number of carbonyl (C=O) groups excluding carboxylic acids is 1. The summed E-state index contributed by atoms with van der Waals surface area (Å²) in [6.45, 7) is 2.72. The molecule has 0 fully saturated rings. The molecule has 4 heteroatoms. The molecule has 0 saturated carbocycles. The first-order chi connectivity index (χ1) is 5.20. The van der Waals surface area contributed by atoms with Gasteiger partial charge in [0.25, 0.3) is 5.91 Å². The zero-order valence-electron chi connectivity index (χ0n) is 6.48. The van der Waals surface area contributed by atoms with E-state index < -0.39 is 0 Å². The van der Waals surface area contributed by atoms with Gasteiger partial charge in [-0.1, -0.05) is 6.92 Å². The highest BCUT2D eigenvalue weighted by atomic mass is 79.9. The van der Waals surface area contributed by atoms with E-state index in [9.17, 15) is 4.79 Å². The summed E-state index contributed by atoms with van der Waals surface area (Å²) in [5.74, 6) is 2.10. The molecule has 0 rings (SSSR count). The van der Waals surface area contributed by atoms with E-state index in [4.69, 9.17) is 0 Å². The number of nitrogens with one attached hydrogen (secondary N) is 1. The molecule has 1 unspecified atom stereocenters. The lowest BCUT2D eigenvalue weighted by molar-refractivity contribution is -0.115. The van der Waals surface area contributed by atoms with Gasteiger partial charge in [0.2, 0.25) is 0 Å². The summed E-state index contributed by atoms with van der Waals surface area (Å²) in [6, 6.07) is 0. The van der Waals surface area contributed by atoms with Crippen molar-refractivity contribution in [1.29, 1.82) is 0 Å². The summed E-state index contributed by atoms with van der Waals surface area (Å²) in [6.07, 6.45) is 2.01. The maximum atomic E-state index is 10.7. The second kappa shape index (κ2) is 6.56. The lowest BCUT2D eigenvalue weighted by atomic mass is 10.4. The quantitative estimate of drug-likeness (QED) is 0.746. The van der Waals surface area contributed by atoms with E-state index in [0.29, 0.717) is 11.8 Å². The lowest BCUT2D eigenvalue weighted by Gasteiger charge is -2.06. The number of thioether (sulfide) groups is 1. The van der Waals surface area contributed by atoms with Crippen LogP contribution >= 0.6 is 27.7 Å². The van der Waals surface area contributed by atoms with Crippen LogP contribution in [-0.4, -0.2) is 24.0 Å². The summed E-state index contributed by atoms with van der Waals surface area (Å²) >= 11 is 4.56. The van der Waals surface area contributed by atoms with Crippen LogP contribution in [0.2, 0.25) is 0 Å². The Morgan fingerprint density at radius 2 is 2.45 bits per heavy atom. The van der Waals surface area contributed by atoms with Crippen LogP contribution in [0.15, 0.2) is 0 Å². The van der Waals surface area contributed by atoms with Crippen LogP contribution in [0.3, 0.4) is 0 Å². The highest BCUT2D eigenvalue weighted by Crippen LogP contribution is 2.01. The minimum atomic E-state index is -0.234. The molecule has 0 aliphatic heterocycles. The predicted molar refractivity (Wildman–Crippen MR) is 52.7 cm³/mol. The number of rotatable bonds is 3. The molecule has 0 aromatic heterocycles. The van der Waals surface area contributed by atoms with Crippen LogP contribution in [0.25, 0.3) is 0 Å². The first-order valence-corrected chi connectivity index (χ1v) is 5.21. The number of carbonyl (C=O) groups is 1. The zero-order chi connectivity index (χ0) is 8.69. The molecule has 0 spiro atoms. The third-order valence-electron chi connectivity index (χ3n) is 1.11. The van der Waals surface area contributed by atoms with Gasteiger partial charge in [-0.15, -0.1) is 0 Å². The first kappa shape index (κ1) is 10.9. The van der Waals surface area contributed by atoms with Crippen molar-refractivity contribution in [2.45, 2.75) is 12.2 Å². The lowest BCUT2D eigenvalue weighted by Crippen LogP contribution is -2.27. The maximum Gasteiger partial charge on any atom is 0.296 e. The van der Waals surface area contributed by atoms with Crippen molar-refractivity contribution >= 4 is 33.6 Å². The van der Waals surface area contributed by atoms with Gasteiger partial charge in [-0.25, -0.2) is 0 Å². The fraction of sp³-hybridized carbons (Fsp3) is 0.571. The average molecular weight is 236 g/mol. The number of hydrogen-bond acceptors (Lipinski definition) is 2. The van der Waals surface area contributed by atoms with Gasteiger partial charge in [0.1, 0.15) is 0 Å². The van der Waals surface area contributed by atoms with Crippen LogP contribution in [0.5, 0.6) is 0 Å². The Morgan fingerprint density at radius 1 is 1.82 bits per heavy atom. The van der Waals surface area contributed by atoms with E-state index in [2.05, 4.69) is 32.0 Å². The van der Waals surface area contributed by atoms with E-state index in [1.807, 2.05) is 13.2 Å². The second-order valence-corrected chi connectivity index (χ2v) is 3.65. The molecule has 0 aliphatic rings. The highest BCUT2D eigenvalue weighted by molar-refractivity contribution is 9.12. The Kier molecular flexibility index (Phi) is 6.48. The van der Waals surface area contributed by atoms with Gasteiger partial charge in [0.15, 0.2) is 0 Å². The topological polar surface area (TPSA) is 29.1 Å². The van der Waals surface area contributed by atoms with Crippen LogP contribution in [0, 0.1) is 10.8 Å². The van der Waals surface area contributed by atoms with Crippen molar-refractivity contribution in [3.8, 4) is 10.8 Å². The molecule has 0 radical (unpaired) electrons. The molecule has 1 atom stereocenters. The second-order valence-electron chi connectivity index (χ2n) is 1.98. The molecule has 0 aromatic carbocycles. The zero-order valence-corrected chi connectivity index (χ0v) is 8.88. The highest BCUT2D eigenvalue weighted by Gasteiger charge is 1.99. The molecular weight excluding hydrogens is 226 g/mol. The van der Waals surface area contributed by atoms with E-state index >= 15 is 0 Å². The number of hydrogen-bond donors (Lipinski definition) is 1. The minimum absolute atomic E-state index is 0.234. The van der Waals surface area contributed by atoms with Gasteiger partial charge < -0.3 is 5.32 Å². The Morgan fingerprint density at radius 3 is 2.91 bits per heavy atom. The van der Waals surface area contributed by atoms with Gasteiger partial charge in [0, 0.05) is 33.6 Å². The predicted octanol–water partition coefficient (Wildman–Crippen LogP) is 1.21. The fourth-order valence-corrected chi connectivity index (χ4v) is 0.837. The van der Waals surface area contributed by atoms with Crippen LogP contribution in [-0.2, 0) is 4.79 Å². The van der Waals surface area contributed by atoms with E-state index in [1.54, 1.807) is 11.8 Å². The summed E-state index contributed by atoms with van der Waals surface area (Å²) in [5.41, 5.74) is 0. The van der Waals surface area contributed by atoms with Gasteiger partial charge in [-0.2, -0.15) is 11.8 Å². The molecular formula is C7H10BrNOS. The minimum Gasteiger partial charge on any atom is -0.344 e. The molecule has 1 amide bonds. The van der Waals surface area contributed by atoms with Crippen LogP contribution < -0.4 is 5.32 Å². The molecule has 0 saturated heterocycles.